The van der Waals surface area contributed by atoms with Crippen molar-refractivity contribution in [2.75, 3.05) is 0 Å². The van der Waals surface area contributed by atoms with Gasteiger partial charge < -0.3 is 33.9 Å². The number of aliphatic hydroxyl groups is 2. The molecule has 2 N–H and O–H groups in total. The van der Waals surface area contributed by atoms with Crippen LogP contribution in [0, 0.1) is 11.8 Å². The summed E-state index contributed by atoms with van der Waals surface area (Å²) in [6.45, 7) is 19.7. The molecule has 1 aliphatic carbocycles. The number of ether oxygens (including phenoxy) is 5. The lowest BCUT2D eigenvalue weighted by molar-refractivity contribution is -0.220. The minimum absolute atomic E-state index is 0.217. The third-order valence-corrected chi connectivity index (χ3v) is 8.71. The van der Waals surface area contributed by atoms with E-state index in [4.69, 9.17) is 23.7 Å². The Hall–Kier alpha value is -3.02. The van der Waals surface area contributed by atoms with E-state index in [9.17, 15) is 29.4 Å². The Labute approximate surface area is 254 Å². The molecule has 2 rings (SSSR count). The van der Waals surface area contributed by atoms with Crippen LogP contribution in [0.3, 0.4) is 0 Å². The second-order valence-electron chi connectivity index (χ2n) is 12.0. The van der Waals surface area contributed by atoms with Gasteiger partial charge in [0.2, 0.25) is 0 Å². The molecule has 0 amide bonds. The largest absolute Gasteiger partial charge is 0.457 e. The lowest BCUT2D eigenvalue weighted by atomic mass is 9.74. The first kappa shape index (κ1) is 36.2. The third kappa shape index (κ3) is 7.74. The van der Waals surface area contributed by atoms with Crippen molar-refractivity contribution >= 4 is 23.9 Å². The summed E-state index contributed by atoms with van der Waals surface area (Å²) >= 11 is 0. The number of hydrogen-bond acceptors (Lipinski definition) is 11. The van der Waals surface area contributed by atoms with Gasteiger partial charge >= 0.3 is 23.9 Å². The highest BCUT2D eigenvalue weighted by atomic mass is 16.7. The predicted octanol–water partition coefficient (Wildman–Crippen LogP) is 3.50. The van der Waals surface area contributed by atoms with Gasteiger partial charge in [-0.1, -0.05) is 38.2 Å². The summed E-state index contributed by atoms with van der Waals surface area (Å²) in [5.41, 5.74) is -2.46. The van der Waals surface area contributed by atoms with Gasteiger partial charge in [-0.2, -0.15) is 0 Å². The van der Waals surface area contributed by atoms with Gasteiger partial charge in [-0.3, -0.25) is 9.59 Å². The van der Waals surface area contributed by atoms with Crippen molar-refractivity contribution < 1.29 is 53.1 Å². The Morgan fingerprint density at radius 3 is 1.91 bits per heavy atom. The Bertz CT molecular complexity index is 1160. The van der Waals surface area contributed by atoms with Crippen LogP contribution in [0.15, 0.2) is 35.5 Å². The summed E-state index contributed by atoms with van der Waals surface area (Å²) < 4.78 is 29.4. The summed E-state index contributed by atoms with van der Waals surface area (Å²) in [6.07, 6.45) is -5.20. The highest BCUT2D eigenvalue weighted by Crippen LogP contribution is 2.50. The summed E-state index contributed by atoms with van der Waals surface area (Å²) in [7, 11) is 0. The maximum Gasteiger partial charge on any atom is 0.333 e. The maximum absolute atomic E-state index is 13.2. The Kier molecular flexibility index (Phi) is 11.9. The van der Waals surface area contributed by atoms with Gasteiger partial charge in [0, 0.05) is 24.0 Å². The molecule has 11 heteroatoms. The highest BCUT2D eigenvalue weighted by molar-refractivity contribution is 5.88. The van der Waals surface area contributed by atoms with Gasteiger partial charge in [-0.05, 0) is 61.3 Å². The molecule has 1 saturated heterocycles. The molecule has 242 valence electrons. The number of epoxide rings is 1. The van der Waals surface area contributed by atoms with Gasteiger partial charge in [0.1, 0.15) is 23.9 Å². The van der Waals surface area contributed by atoms with Crippen LogP contribution in [-0.2, 0) is 42.9 Å². The summed E-state index contributed by atoms with van der Waals surface area (Å²) in [4.78, 5) is 51.7. The van der Waals surface area contributed by atoms with E-state index in [0.717, 1.165) is 6.92 Å². The number of carbonyl (C=O) groups excluding carboxylic acids is 4. The molecule has 2 aliphatic rings. The van der Waals surface area contributed by atoms with E-state index in [1.54, 1.807) is 47.6 Å². The van der Waals surface area contributed by atoms with Crippen molar-refractivity contribution in [3.63, 3.8) is 0 Å². The fraction of sp³-hybridized carbons (Fsp3) is 0.688. The Morgan fingerprint density at radius 1 is 0.953 bits per heavy atom. The maximum atomic E-state index is 13.2. The number of hydrogen-bond donors (Lipinski definition) is 2. The van der Waals surface area contributed by atoms with Crippen LogP contribution in [0.4, 0.5) is 0 Å². The fourth-order valence-electron chi connectivity index (χ4n) is 5.21. The van der Waals surface area contributed by atoms with E-state index >= 15 is 0 Å². The van der Waals surface area contributed by atoms with Crippen LogP contribution < -0.4 is 0 Å². The zero-order valence-electron chi connectivity index (χ0n) is 27.0. The van der Waals surface area contributed by atoms with E-state index in [1.165, 1.54) is 19.9 Å². The van der Waals surface area contributed by atoms with E-state index in [1.807, 2.05) is 6.92 Å². The number of aliphatic hydroxyl groups excluding tert-OH is 2. The monoisotopic (exact) mass is 608 g/mol. The second-order valence-corrected chi connectivity index (χ2v) is 12.0. The van der Waals surface area contributed by atoms with Crippen molar-refractivity contribution in [2.24, 2.45) is 11.8 Å². The van der Waals surface area contributed by atoms with Crippen LogP contribution in [0.5, 0.6) is 0 Å². The number of carbonyl (C=O) groups is 4. The molecule has 0 aromatic heterocycles. The standard InChI is InChI=1S/C32H48O11/c1-12-17(6)28(36)39-24-21(16(4)5)15-22(34)31(10,42-20(9)33)25(40-29(37)18(7)13-2)23(35)26-32(11,43-26)27(24)41-30(38)19(8)14-3/h13-14,17,21-27,34-35H,4,12,15H2,1-3,5-11H3/b18-13-,19-14-/t17-,21-,22-,23-,24+,25+,26+,27+,31+,32+/m1/s1. The molecule has 0 aromatic carbocycles. The average Bonchev–Trinajstić information content (AvgIpc) is 3.64. The molecule has 0 radical (unpaired) electrons. The molecule has 2 fully saturated rings. The zero-order valence-corrected chi connectivity index (χ0v) is 27.0. The van der Waals surface area contributed by atoms with Gasteiger partial charge in [-0.25, -0.2) is 9.59 Å². The van der Waals surface area contributed by atoms with Crippen molar-refractivity contribution in [3.8, 4) is 0 Å². The topological polar surface area (TPSA) is 158 Å². The number of fused-ring (bicyclic) bond motifs is 1. The van der Waals surface area contributed by atoms with Crippen molar-refractivity contribution in [2.45, 2.75) is 130 Å². The summed E-state index contributed by atoms with van der Waals surface area (Å²) in [5, 5.41) is 23.5. The van der Waals surface area contributed by atoms with Crippen LogP contribution in [0.1, 0.15) is 82.1 Å². The molecule has 0 aromatic rings. The van der Waals surface area contributed by atoms with Gasteiger partial charge in [0.05, 0.1) is 12.0 Å². The van der Waals surface area contributed by atoms with E-state index in [-0.39, 0.29) is 17.6 Å². The Balaban J connectivity index is 2.83. The first-order chi connectivity index (χ1) is 19.9. The van der Waals surface area contributed by atoms with Crippen molar-refractivity contribution in [1.29, 1.82) is 0 Å². The molecular formula is C32H48O11. The minimum Gasteiger partial charge on any atom is -0.457 e. The zero-order chi connectivity index (χ0) is 33.0. The number of rotatable bonds is 9. The predicted molar refractivity (Wildman–Crippen MR) is 156 cm³/mol. The van der Waals surface area contributed by atoms with Crippen LogP contribution in [0.2, 0.25) is 0 Å². The first-order valence-electron chi connectivity index (χ1n) is 14.7. The molecular weight excluding hydrogens is 560 g/mol. The molecule has 11 nitrogen and oxygen atoms in total. The molecule has 0 bridgehead atoms. The van der Waals surface area contributed by atoms with Crippen LogP contribution in [0.25, 0.3) is 0 Å². The van der Waals surface area contributed by atoms with Gasteiger partial charge in [0.25, 0.3) is 0 Å². The first-order valence-corrected chi connectivity index (χ1v) is 14.7. The average molecular weight is 609 g/mol. The fourth-order valence-corrected chi connectivity index (χ4v) is 5.21. The van der Waals surface area contributed by atoms with Crippen LogP contribution >= 0.6 is 0 Å². The van der Waals surface area contributed by atoms with Gasteiger partial charge in [0.15, 0.2) is 17.8 Å². The molecule has 0 unspecified atom stereocenters. The summed E-state index contributed by atoms with van der Waals surface area (Å²) in [6, 6.07) is 0. The molecule has 1 heterocycles. The normalized spacial score (nSPS) is 35.5. The molecule has 1 aliphatic heterocycles. The van der Waals surface area contributed by atoms with Gasteiger partial charge in [-0.15, -0.1) is 0 Å². The third-order valence-electron chi connectivity index (χ3n) is 8.71. The smallest absolute Gasteiger partial charge is 0.333 e. The van der Waals surface area contributed by atoms with E-state index in [0.29, 0.717) is 12.0 Å². The summed E-state index contributed by atoms with van der Waals surface area (Å²) in [5.74, 6) is -4.22. The quantitative estimate of drug-likeness (QED) is 0.130. The molecule has 1 saturated carbocycles. The minimum atomic E-state index is -1.98. The lowest BCUT2D eigenvalue weighted by Gasteiger charge is -2.45. The number of allylic oxidation sites excluding steroid dienone is 2. The second kappa shape index (κ2) is 14.2. The van der Waals surface area contributed by atoms with Crippen molar-refractivity contribution in [1.82, 2.24) is 0 Å². The van der Waals surface area contributed by atoms with Crippen molar-refractivity contribution in [3.05, 3.63) is 35.5 Å². The SMILES string of the molecule is C=C(C)[C@H]1C[C@@H](O)[C@](C)(OC(C)=O)[C@@H](OC(=O)/C(C)=C\C)[C@@H](O)[C@@H]2O[C@]2(C)[C@@H](OC(=O)/C(C)=C\C)[C@H]1OC(=O)[C@H](C)CC. The van der Waals surface area contributed by atoms with E-state index < -0.39 is 83.5 Å². The molecule has 10 atom stereocenters. The van der Waals surface area contributed by atoms with E-state index in [2.05, 4.69) is 6.58 Å². The highest BCUT2D eigenvalue weighted by Gasteiger charge is 2.70. The molecule has 43 heavy (non-hydrogen) atoms. The number of esters is 4. The van der Waals surface area contributed by atoms with Crippen LogP contribution in [-0.4, -0.2) is 81.9 Å². The Morgan fingerprint density at radius 2 is 1.47 bits per heavy atom. The molecule has 0 spiro atoms. The lowest BCUT2D eigenvalue weighted by Crippen LogP contribution is -2.63.